The molecule has 1 aromatic rings. The Morgan fingerprint density at radius 2 is 2.25 bits per heavy atom. The summed E-state index contributed by atoms with van der Waals surface area (Å²) in [5, 5.41) is 3.54. The second-order valence-corrected chi connectivity index (χ2v) is 6.37. The number of aromatic nitrogens is 1. The third kappa shape index (κ3) is 2.26. The topological polar surface area (TPSA) is 51.1 Å². The minimum absolute atomic E-state index is 0.232. The van der Waals surface area contributed by atoms with Crippen LogP contribution in [0.15, 0.2) is 12.1 Å². The number of nitrogens with zero attached hydrogens (tertiary/aromatic N) is 1. The van der Waals surface area contributed by atoms with Crippen LogP contribution in [0.5, 0.6) is 0 Å². The van der Waals surface area contributed by atoms with E-state index in [2.05, 4.69) is 5.32 Å². The third-order valence-electron chi connectivity index (χ3n) is 2.87. The second-order valence-electron chi connectivity index (χ2n) is 4.15. The second kappa shape index (κ2) is 4.39. The van der Waals surface area contributed by atoms with Gasteiger partial charge in [0.05, 0.1) is 6.26 Å². The van der Waals surface area contributed by atoms with Crippen molar-refractivity contribution in [3.63, 3.8) is 0 Å². The Hall–Kier alpha value is -0.520. The molecule has 1 atom stereocenters. The van der Waals surface area contributed by atoms with Crippen LogP contribution in [0.2, 0.25) is 5.15 Å². The summed E-state index contributed by atoms with van der Waals surface area (Å²) in [6, 6.07) is 3.45. The summed E-state index contributed by atoms with van der Waals surface area (Å²) in [6.45, 7) is 1.82. The smallest absolute Gasteiger partial charge is 0.237 e. The molecule has 2 heterocycles. The highest BCUT2D eigenvalue weighted by Crippen LogP contribution is 2.28. The molecular formula is C10H15ClN2O2S. The van der Waals surface area contributed by atoms with Crippen LogP contribution in [0.25, 0.3) is 0 Å². The van der Waals surface area contributed by atoms with E-state index in [1.54, 1.807) is 12.1 Å². The van der Waals surface area contributed by atoms with Crippen LogP contribution in [0.3, 0.4) is 0 Å². The zero-order valence-electron chi connectivity index (χ0n) is 9.11. The highest BCUT2D eigenvalue weighted by Gasteiger charge is 2.23. The van der Waals surface area contributed by atoms with Crippen molar-refractivity contribution in [3.8, 4) is 0 Å². The van der Waals surface area contributed by atoms with Crippen molar-refractivity contribution < 1.29 is 8.42 Å². The first-order valence-electron chi connectivity index (χ1n) is 5.28. The van der Waals surface area contributed by atoms with Gasteiger partial charge in [0.2, 0.25) is 10.0 Å². The zero-order chi connectivity index (χ0) is 11.8. The van der Waals surface area contributed by atoms with E-state index in [9.17, 15) is 8.42 Å². The van der Waals surface area contributed by atoms with Crippen molar-refractivity contribution in [1.82, 2.24) is 9.29 Å². The van der Waals surface area contributed by atoms with Gasteiger partial charge in [-0.2, -0.15) is 0 Å². The number of rotatable bonds is 2. The minimum atomic E-state index is -3.31. The van der Waals surface area contributed by atoms with Crippen molar-refractivity contribution in [2.75, 3.05) is 19.3 Å². The van der Waals surface area contributed by atoms with Gasteiger partial charge >= 0.3 is 0 Å². The van der Waals surface area contributed by atoms with Crippen LogP contribution in [0, 0.1) is 0 Å². The highest BCUT2D eigenvalue weighted by molar-refractivity contribution is 7.89. The standard InChI is InChI=1S/C10H15ClN2O2S/c1-16(14,15)13-9(4-5-10(13)11)8-3-2-6-12-7-8/h4-5,8,12H,2-3,6-7H2,1H3. The molecule has 2 rings (SSSR count). The van der Waals surface area contributed by atoms with Gasteiger partial charge in [-0.3, -0.25) is 0 Å². The van der Waals surface area contributed by atoms with Crippen LogP contribution < -0.4 is 5.32 Å². The van der Waals surface area contributed by atoms with Gasteiger partial charge in [0.25, 0.3) is 0 Å². The van der Waals surface area contributed by atoms with Crippen molar-refractivity contribution in [1.29, 1.82) is 0 Å². The van der Waals surface area contributed by atoms with E-state index in [1.165, 1.54) is 10.2 Å². The maximum Gasteiger partial charge on any atom is 0.237 e. The van der Waals surface area contributed by atoms with Crippen molar-refractivity contribution in [2.45, 2.75) is 18.8 Å². The van der Waals surface area contributed by atoms with Crippen LogP contribution >= 0.6 is 11.6 Å². The van der Waals surface area contributed by atoms with Gasteiger partial charge in [-0.25, -0.2) is 12.4 Å². The number of nitrogens with one attached hydrogen (secondary N) is 1. The lowest BCUT2D eigenvalue weighted by atomic mass is 9.96. The molecule has 0 aromatic carbocycles. The Morgan fingerprint density at radius 1 is 1.50 bits per heavy atom. The van der Waals surface area contributed by atoms with Crippen molar-refractivity contribution in [3.05, 3.63) is 23.0 Å². The monoisotopic (exact) mass is 262 g/mol. The molecule has 1 N–H and O–H groups in total. The van der Waals surface area contributed by atoms with Crippen LogP contribution in [0.4, 0.5) is 0 Å². The lowest BCUT2D eigenvalue weighted by Gasteiger charge is -2.23. The first-order valence-corrected chi connectivity index (χ1v) is 7.51. The molecule has 90 valence electrons. The summed E-state index contributed by atoms with van der Waals surface area (Å²) in [6.07, 6.45) is 3.25. The normalized spacial score (nSPS) is 22.2. The van der Waals surface area contributed by atoms with Gasteiger partial charge in [0.15, 0.2) is 0 Å². The molecule has 0 spiro atoms. The van der Waals surface area contributed by atoms with Crippen LogP contribution in [0.1, 0.15) is 24.5 Å². The van der Waals surface area contributed by atoms with Crippen LogP contribution in [-0.2, 0) is 10.0 Å². The first kappa shape index (κ1) is 12.0. The fourth-order valence-electron chi connectivity index (χ4n) is 2.17. The largest absolute Gasteiger partial charge is 0.316 e. The van der Waals surface area contributed by atoms with Gasteiger partial charge in [0, 0.05) is 18.2 Å². The Kier molecular flexibility index (Phi) is 3.28. The lowest BCUT2D eigenvalue weighted by Crippen LogP contribution is -2.30. The number of hydrogen-bond donors (Lipinski definition) is 1. The summed E-state index contributed by atoms with van der Waals surface area (Å²) in [5.41, 5.74) is 0.791. The van der Waals surface area contributed by atoms with E-state index >= 15 is 0 Å². The fourth-order valence-corrected chi connectivity index (χ4v) is 3.68. The van der Waals surface area contributed by atoms with Gasteiger partial charge in [-0.05, 0) is 31.5 Å². The lowest BCUT2D eigenvalue weighted by molar-refractivity contribution is 0.452. The van der Waals surface area contributed by atoms with E-state index in [0.717, 1.165) is 31.6 Å². The molecule has 0 saturated carbocycles. The Morgan fingerprint density at radius 3 is 2.81 bits per heavy atom. The molecule has 6 heteroatoms. The molecule has 1 aliphatic rings. The van der Waals surface area contributed by atoms with E-state index in [4.69, 9.17) is 11.6 Å². The molecule has 0 aliphatic carbocycles. The third-order valence-corrected chi connectivity index (χ3v) is 4.33. The summed E-state index contributed by atoms with van der Waals surface area (Å²) in [4.78, 5) is 0. The van der Waals surface area contributed by atoms with E-state index in [1.807, 2.05) is 0 Å². The van der Waals surface area contributed by atoms with Gasteiger partial charge in [-0.1, -0.05) is 11.6 Å². The molecule has 1 saturated heterocycles. The predicted octanol–water partition coefficient (Wildman–Crippen LogP) is 1.42. The average Bonchev–Trinajstić information content (AvgIpc) is 2.61. The number of halogens is 1. The van der Waals surface area contributed by atoms with Crippen molar-refractivity contribution >= 4 is 21.6 Å². The van der Waals surface area contributed by atoms with E-state index < -0.39 is 10.0 Å². The number of hydrogen-bond acceptors (Lipinski definition) is 3. The molecule has 1 aliphatic heterocycles. The maximum absolute atomic E-state index is 11.6. The molecule has 0 radical (unpaired) electrons. The zero-order valence-corrected chi connectivity index (χ0v) is 10.7. The Bertz CT molecular complexity index is 475. The maximum atomic E-state index is 11.6. The summed E-state index contributed by atoms with van der Waals surface area (Å²) < 4.78 is 24.5. The summed E-state index contributed by atoms with van der Waals surface area (Å²) in [5.74, 6) is 0.232. The van der Waals surface area contributed by atoms with E-state index in [-0.39, 0.29) is 11.1 Å². The Balaban J connectivity index is 2.41. The summed E-state index contributed by atoms with van der Waals surface area (Å²) >= 11 is 5.91. The quantitative estimate of drug-likeness (QED) is 0.877. The Labute approximate surface area is 101 Å². The molecular weight excluding hydrogens is 248 g/mol. The van der Waals surface area contributed by atoms with Gasteiger partial charge in [-0.15, -0.1) is 0 Å². The van der Waals surface area contributed by atoms with E-state index in [0.29, 0.717) is 0 Å². The van der Waals surface area contributed by atoms with Crippen molar-refractivity contribution in [2.24, 2.45) is 0 Å². The molecule has 4 nitrogen and oxygen atoms in total. The van der Waals surface area contributed by atoms with Crippen LogP contribution in [-0.4, -0.2) is 31.7 Å². The minimum Gasteiger partial charge on any atom is -0.316 e. The first-order chi connectivity index (χ1) is 7.50. The molecule has 1 fully saturated rings. The SMILES string of the molecule is CS(=O)(=O)n1c(Cl)ccc1C1CCCNC1. The van der Waals surface area contributed by atoms with Gasteiger partial charge in [0.1, 0.15) is 5.15 Å². The van der Waals surface area contributed by atoms with Gasteiger partial charge < -0.3 is 5.32 Å². The number of piperidine rings is 1. The molecule has 0 amide bonds. The molecule has 1 unspecified atom stereocenters. The molecule has 0 bridgehead atoms. The predicted molar refractivity (Wildman–Crippen MR) is 64.5 cm³/mol. The fraction of sp³-hybridized carbons (Fsp3) is 0.600. The molecule has 1 aromatic heterocycles. The molecule has 16 heavy (non-hydrogen) atoms. The summed E-state index contributed by atoms with van der Waals surface area (Å²) in [7, 11) is -3.31. The highest BCUT2D eigenvalue weighted by atomic mass is 35.5. The average molecular weight is 263 g/mol.